The molecule has 0 N–H and O–H groups in total. The highest BCUT2D eigenvalue weighted by atomic mass is 16.5. The molecule has 4 aromatic carbocycles. The maximum atomic E-state index is 13.7. The Balaban J connectivity index is 1.71. The average molecular weight is 447 g/mol. The monoisotopic (exact) mass is 446 g/mol. The third-order valence-corrected chi connectivity index (χ3v) is 5.69. The molecule has 0 aliphatic carbocycles. The van der Waals surface area contributed by atoms with Crippen LogP contribution in [-0.2, 0) is 0 Å². The number of carbonyl (C=O) groups is 1. The van der Waals surface area contributed by atoms with Crippen LogP contribution in [0.5, 0.6) is 11.5 Å². The third-order valence-electron chi connectivity index (χ3n) is 5.69. The summed E-state index contributed by atoms with van der Waals surface area (Å²) in [4.78, 5) is 23.6. The molecule has 0 atom stereocenters. The van der Waals surface area contributed by atoms with Gasteiger partial charge in [0.25, 0.3) is 0 Å². The Labute approximate surface area is 197 Å². The number of ether oxygens (including phenoxy) is 2. The summed E-state index contributed by atoms with van der Waals surface area (Å²) in [6, 6.07) is 30.3. The molecule has 0 aliphatic heterocycles. The summed E-state index contributed by atoms with van der Waals surface area (Å²) in [7, 11) is 3.12. The molecule has 0 aliphatic rings. The van der Waals surface area contributed by atoms with E-state index >= 15 is 0 Å². The van der Waals surface area contributed by atoms with E-state index in [2.05, 4.69) is 0 Å². The number of fused-ring (bicyclic) bond motifs is 1. The lowest BCUT2D eigenvalue weighted by atomic mass is 9.94. The van der Waals surface area contributed by atoms with E-state index in [4.69, 9.17) is 19.4 Å². The van der Waals surface area contributed by atoms with Crippen molar-refractivity contribution in [3.05, 3.63) is 108 Å². The standard InChI is InChI=1S/C29H22N2O3/c1-33-25-17-16-20(18-26(25)34-2)29(32)22-13-7-6-12-21(22)28-27(19-10-4-3-5-11-19)30-23-14-8-9-15-24(23)31-28/h3-18H,1-2H3. The highest BCUT2D eigenvalue weighted by Crippen LogP contribution is 2.35. The van der Waals surface area contributed by atoms with E-state index in [0.717, 1.165) is 27.9 Å². The lowest BCUT2D eigenvalue weighted by Crippen LogP contribution is -2.06. The number of aromatic nitrogens is 2. The lowest BCUT2D eigenvalue weighted by Gasteiger charge is -2.14. The normalized spacial score (nSPS) is 10.8. The van der Waals surface area contributed by atoms with Gasteiger partial charge in [0.05, 0.1) is 36.6 Å². The summed E-state index contributed by atoms with van der Waals surface area (Å²) in [5.74, 6) is 0.936. The van der Waals surface area contributed by atoms with Gasteiger partial charge in [-0.2, -0.15) is 0 Å². The number of hydrogen-bond donors (Lipinski definition) is 0. The van der Waals surface area contributed by atoms with Crippen LogP contribution in [0.2, 0.25) is 0 Å². The van der Waals surface area contributed by atoms with Crippen molar-refractivity contribution < 1.29 is 14.3 Å². The molecule has 0 unspecified atom stereocenters. The summed E-state index contributed by atoms with van der Waals surface area (Å²) in [6.07, 6.45) is 0. The first kappa shape index (κ1) is 21.3. The number of carbonyl (C=O) groups excluding carboxylic acids is 1. The highest BCUT2D eigenvalue weighted by Gasteiger charge is 2.21. The smallest absolute Gasteiger partial charge is 0.193 e. The topological polar surface area (TPSA) is 61.3 Å². The van der Waals surface area contributed by atoms with Crippen LogP contribution >= 0.6 is 0 Å². The molecule has 0 fully saturated rings. The summed E-state index contributed by atoms with van der Waals surface area (Å²) < 4.78 is 10.7. The maximum absolute atomic E-state index is 13.7. The van der Waals surface area contributed by atoms with Crippen molar-refractivity contribution in [2.45, 2.75) is 0 Å². The first-order valence-electron chi connectivity index (χ1n) is 10.9. The van der Waals surface area contributed by atoms with Gasteiger partial charge in [0.2, 0.25) is 0 Å². The zero-order valence-corrected chi connectivity index (χ0v) is 18.9. The molecule has 0 saturated carbocycles. The van der Waals surface area contributed by atoms with Gasteiger partial charge in [-0.05, 0) is 30.3 Å². The second kappa shape index (κ2) is 9.16. The van der Waals surface area contributed by atoms with Gasteiger partial charge in [0, 0.05) is 22.3 Å². The average Bonchev–Trinajstić information content (AvgIpc) is 2.92. The molecule has 0 bridgehead atoms. The number of methoxy groups -OCH3 is 2. The molecule has 1 aromatic heterocycles. The zero-order valence-electron chi connectivity index (χ0n) is 18.9. The van der Waals surface area contributed by atoms with E-state index in [1.807, 2.05) is 78.9 Å². The molecule has 1 heterocycles. The molecule has 5 rings (SSSR count). The predicted octanol–water partition coefficient (Wildman–Crippen LogP) is 6.21. The van der Waals surface area contributed by atoms with Gasteiger partial charge in [-0.15, -0.1) is 0 Å². The van der Waals surface area contributed by atoms with E-state index in [1.165, 1.54) is 0 Å². The van der Waals surface area contributed by atoms with Crippen molar-refractivity contribution in [2.24, 2.45) is 0 Å². The third kappa shape index (κ3) is 3.88. The van der Waals surface area contributed by atoms with Crippen molar-refractivity contribution in [3.8, 4) is 34.0 Å². The van der Waals surface area contributed by atoms with Gasteiger partial charge in [0.1, 0.15) is 0 Å². The number of hydrogen-bond acceptors (Lipinski definition) is 5. The quantitative estimate of drug-likeness (QED) is 0.290. The molecular weight excluding hydrogens is 424 g/mol. The maximum Gasteiger partial charge on any atom is 0.193 e. The Hall–Kier alpha value is -4.51. The van der Waals surface area contributed by atoms with Crippen LogP contribution in [0.15, 0.2) is 97.1 Å². The molecule has 0 spiro atoms. The SMILES string of the molecule is COc1ccc(C(=O)c2ccccc2-c2nc3ccccc3nc2-c2ccccc2)cc1OC. The van der Waals surface area contributed by atoms with Crippen LogP contribution in [0.25, 0.3) is 33.5 Å². The van der Waals surface area contributed by atoms with E-state index in [0.29, 0.717) is 28.3 Å². The number of rotatable bonds is 6. The summed E-state index contributed by atoms with van der Waals surface area (Å²) in [5, 5.41) is 0. The zero-order chi connectivity index (χ0) is 23.5. The molecule has 0 amide bonds. The minimum atomic E-state index is -0.134. The van der Waals surface area contributed by atoms with Crippen molar-refractivity contribution in [3.63, 3.8) is 0 Å². The summed E-state index contributed by atoms with van der Waals surface area (Å²) in [5.41, 5.74) is 5.65. The molecule has 0 radical (unpaired) electrons. The Bertz CT molecular complexity index is 1500. The number of ketones is 1. The second-order valence-corrected chi connectivity index (χ2v) is 7.72. The molecular formula is C29H22N2O3. The largest absolute Gasteiger partial charge is 0.493 e. The molecule has 5 nitrogen and oxygen atoms in total. The van der Waals surface area contributed by atoms with Gasteiger partial charge in [-0.3, -0.25) is 4.79 Å². The van der Waals surface area contributed by atoms with Crippen LogP contribution in [0, 0.1) is 0 Å². The summed E-state index contributed by atoms with van der Waals surface area (Å²) in [6.45, 7) is 0. The van der Waals surface area contributed by atoms with Crippen LogP contribution in [0.4, 0.5) is 0 Å². The van der Waals surface area contributed by atoms with Gasteiger partial charge in [0.15, 0.2) is 17.3 Å². The number of benzene rings is 4. The fraction of sp³-hybridized carbons (Fsp3) is 0.0690. The molecule has 166 valence electrons. The summed E-state index contributed by atoms with van der Waals surface area (Å²) >= 11 is 0. The van der Waals surface area contributed by atoms with Crippen LogP contribution < -0.4 is 9.47 Å². The Morgan fingerprint density at radius 3 is 1.97 bits per heavy atom. The van der Waals surface area contributed by atoms with Gasteiger partial charge in [-0.1, -0.05) is 66.7 Å². The van der Waals surface area contributed by atoms with Crippen molar-refractivity contribution in [1.29, 1.82) is 0 Å². The van der Waals surface area contributed by atoms with Gasteiger partial charge >= 0.3 is 0 Å². The van der Waals surface area contributed by atoms with Crippen molar-refractivity contribution >= 4 is 16.8 Å². The fourth-order valence-corrected chi connectivity index (χ4v) is 4.01. The molecule has 0 saturated heterocycles. The van der Waals surface area contributed by atoms with E-state index in [-0.39, 0.29) is 5.78 Å². The van der Waals surface area contributed by atoms with Gasteiger partial charge in [-0.25, -0.2) is 9.97 Å². The minimum absolute atomic E-state index is 0.134. The van der Waals surface area contributed by atoms with Crippen LogP contribution in [-0.4, -0.2) is 30.0 Å². The lowest BCUT2D eigenvalue weighted by molar-refractivity contribution is 0.103. The second-order valence-electron chi connectivity index (χ2n) is 7.72. The molecule has 5 aromatic rings. The first-order valence-corrected chi connectivity index (χ1v) is 10.9. The predicted molar refractivity (Wildman–Crippen MR) is 133 cm³/mol. The van der Waals surface area contributed by atoms with Gasteiger partial charge < -0.3 is 9.47 Å². The molecule has 34 heavy (non-hydrogen) atoms. The van der Waals surface area contributed by atoms with E-state index < -0.39 is 0 Å². The van der Waals surface area contributed by atoms with Crippen LogP contribution in [0.1, 0.15) is 15.9 Å². The van der Waals surface area contributed by atoms with Crippen molar-refractivity contribution in [2.75, 3.05) is 14.2 Å². The minimum Gasteiger partial charge on any atom is -0.493 e. The Kier molecular flexibility index (Phi) is 5.75. The van der Waals surface area contributed by atoms with Crippen LogP contribution in [0.3, 0.4) is 0 Å². The fourth-order valence-electron chi connectivity index (χ4n) is 4.01. The highest BCUT2D eigenvalue weighted by molar-refractivity contribution is 6.13. The molecule has 5 heteroatoms. The van der Waals surface area contributed by atoms with Crippen molar-refractivity contribution in [1.82, 2.24) is 9.97 Å². The Morgan fingerprint density at radius 1 is 0.647 bits per heavy atom. The van der Waals surface area contributed by atoms with E-state index in [1.54, 1.807) is 32.4 Å². The Morgan fingerprint density at radius 2 is 1.26 bits per heavy atom. The first-order chi connectivity index (χ1) is 16.7. The van der Waals surface area contributed by atoms with E-state index in [9.17, 15) is 4.79 Å². The number of nitrogens with zero attached hydrogens (tertiary/aromatic N) is 2. The number of para-hydroxylation sites is 2.